The molecular weight excluding hydrogens is 384 g/mol. The molecule has 4 aromatic rings. The van der Waals surface area contributed by atoms with Crippen molar-refractivity contribution in [2.45, 2.75) is 40.4 Å². The van der Waals surface area contributed by atoms with Crippen LogP contribution in [0.25, 0.3) is 10.9 Å². The Morgan fingerprint density at radius 1 is 0.903 bits per heavy atom. The summed E-state index contributed by atoms with van der Waals surface area (Å²) in [6.45, 7) is 7.91. The first-order chi connectivity index (χ1) is 14.9. The molecule has 0 bridgehead atoms. The van der Waals surface area contributed by atoms with Crippen molar-refractivity contribution in [3.63, 3.8) is 0 Å². The number of aromatic nitrogens is 1. The highest BCUT2D eigenvalue weighted by Crippen LogP contribution is 2.29. The molecule has 0 saturated carbocycles. The second-order valence-electron chi connectivity index (χ2n) is 8.26. The van der Waals surface area contributed by atoms with Crippen LogP contribution in [-0.4, -0.2) is 15.6 Å². The predicted octanol–water partition coefficient (Wildman–Crippen LogP) is 5.60. The number of aromatic carboxylic acids is 1. The summed E-state index contributed by atoms with van der Waals surface area (Å²) in [5.74, 6) is -0.894. The van der Waals surface area contributed by atoms with E-state index in [2.05, 4.69) is 67.7 Å². The first-order valence-corrected chi connectivity index (χ1v) is 10.6. The summed E-state index contributed by atoms with van der Waals surface area (Å²) in [6, 6.07) is 22.7. The number of nitrogens with one attached hydrogen (secondary N) is 1. The number of rotatable bonds is 7. The van der Waals surface area contributed by atoms with Crippen molar-refractivity contribution in [2.24, 2.45) is 0 Å². The van der Waals surface area contributed by atoms with Gasteiger partial charge in [-0.25, -0.2) is 4.79 Å². The highest BCUT2D eigenvalue weighted by Gasteiger charge is 2.22. The summed E-state index contributed by atoms with van der Waals surface area (Å²) < 4.78 is 1.96. The summed E-state index contributed by atoms with van der Waals surface area (Å²) in [7, 11) is 0. The molecule has 158 valence electrons. The number of hydrogen-bond acceptors (Lipinski definition) is 2. The van der Waals surface area contributed by atoms with Crippen LogP contribution in [-0.2, 0) is 19.6 Å². The van der Waals surface area contributed by atoms with Gasteiger partial charge in [0.1, 0.15) is 5.69 Å². The molecule has 0 unspecified atom stereocenters. The molecule has 0 saturated heterocycles. The van der Waals surface area contributed by atoms with Crippen molar-refractivity contribution in [3.05, 3.63) is 106 Å². The van der Waals surface area contributed by atoms with Gasteiger partial charge in [0.2, 0.25) is 0 Å². The number of carboxylic acids is 1. The molecule has 0 aliphatic rings. The van der Waals surface area contributed by atoms with E-state index in [9.17, 15) is 9.90 Å². The van der Waals surface area contributed by atoms with Gasteiger partial charge in [-0.2, -0.15) is 0 Å². The lowest BCUT2D eigenvalue weighted by Gasteiger charge is -2.12. The highest BCUT2D eigenvalue weighted by molar-refractivity contribution is 5.98. The lowest BCUT2D eigenvalue weighted by molar-refractivity contribution is 0.0684. The summed E-state index contributed by atoms with van der Waals surface area (Å²) in [5.41, 5.74) is 7.98. The Morgan fingerprint density at radius 3 is 2.42 bits per heavy atom. The Labute approximate surface area is 183 Å². The van der Waals surface area contributed by atoms with Crippen LogP contribution in [0.3, 0.4) is 0 Å². The van der Waals surface area contributed by atoms with E-state index in [0.717, 1.165) is 33.2 Å². The molecule has 3 aromatic carbocycles. The Morgan fingerprint density at radius 2 is 1.68 bits per heavy atom. The van der Waals surface area contributed by atoms with E-state index in [1.807, 2.05) is 29.7 Å². The fraction of sp³-hybridized carbons (Fsp3) is 0.222. The van der Waals surface area contributed by atoms with Gasteiger partial charge in [-0.15, -0.1) is 0 Å². The molecule has 0 fully saturated rings. The maximum atomic E-state index is 12.4. The molecule has 4 nitrogen and oxygen atoms in total. The predicted molar refractivity (Wildman–Crippen MR) is 126 cm³/mol. The van der Waals surface area contributed by atoms with Crippen molar-refractivity contribution in [3.8, 4) is 0 Å². The third kappa shape index (κ3) is 4.39. The van der Waals surface area contributed by atoms with Gasteiger partial charge in [0.25, 0.3) is 0 Å². The van der Waals surface area contributed by atoms with Gasteiger partial charge in [0.05, 0.1) is 0 Å². The smallest absolute Gasteiger partial charge is 0.352 e. The van der Waals surface area contributed by atoms with Crippen molar-refractivity contribution in [1.29, 1.82) is 0 Å². The van der Waals surface area contributed by atoms with Crippen molar-refractivity contribution >= 4 is 16.9 Å². The van der Waals surface area contributed by atoms with Crippen LogP contribution in [0.1, 0.15) is 43.9 Å². The molecule has 0 amide bonds. The van der Waals surface area contributed by atoms with Crippen LogP contribution in [0, 0.1) is 20.8 Å². The number of benzene rings is 3. The van der Waals surface area contributed by atoms with E-state index in [1.54, 1.807) is 0 Å². The number of aryl methyl sites for hydroxylation is 3. The topological polar surface area (TPSA) is 54.3 Å². The maximum absolute atomic E-state index is 12.4. The van der Waals surface area contributed by atoms with E-state index < -0.39 is 5.97 Å². The summed E-state index contributed by atoms with van der Waals surface area (Å²) >= 11 is 0. The van der Waals surface area contributed by atoms with E-state index >= 15 is 0 Å². The molecule has 2 N–H and O–H groups in total. The third-order valence-corrected chi connectivity index (χ3v) is 5.83. The molecule has 0 radical (unpaired) electrons. The van der Waals surface area contributed by atoms with Gasteiger partial charge < -0.3 is 15.0 Å². The largest absolute Gasteiger partial charge is 0.477 e. The average molecular weight is 413 g/mol. The normalized spacial score (nSPS) is 11.2. The van der Waals surface area contributed by atoms with E-state index in [1.165, 1.54) is 11.1 Å². The van der Waals surface area contributed by atoms with Gasteiger partial charge in [-0.05, 0) is 49.1 Å². The highest BCUT2D eigenvalue weighted by atomic mass is 16.4. The van der Waals surface area contributed by atoms with Crippen LogP contribution >= 0.6 is 0 Å². The Hall–Kier alpha value is -3.37. The molecular formula is C27H28N2O2. The number of carboxylic acid groups (broad SMARTS) is 1. The third-order valence-electron chi connectivity index (χ3n) is 5.83. The Bertz CT molecular complexity index is 1250. The Kier molecular flexibility index (Phi) is 5.92. The lowest BCUT2D eigenvalue weighted by Crippen LogP contribution is -2.17. The van der Waals surface area contributed by atoms with Gasteiger partial charge in [-0.3, -0.25) is 0 Å². The number of hydrogen-bond donors (Lipinski definition) is 2. The van der Waals surface area contributed by atoms with Crippen molar-refractivity contribution in [2.75, 3.05) is 0 Å². The zero-order valence-electron chi connectivity index (χ0n) is 18.3. The molecule has 31 heavy (non-hydrogen) atoms. The summed E-state index contributed by atoms with van der Waals surface area (Å²) in [6.07, 6.45) is 0. The zero-order valence-corrected chi connectivity index (χ0v) is 18.3. The second kappa shape index (κ2) is 8.78. The van der Waals surface area contributed by atoms with E-state index in [4.69, 9.17) is 0 Å². The zero-order chi connectivity index (χ0) is 22.0. The van der Waals surface area contributed by atoms with Gasteiger partial charge >= 0.3 is 5.97 Å². The van der Waals surface area contributed by atoms with Crippen LogP contribution < -0.4 is 5.32 Å². The fourth-order valence-electron chi connectivity index (χ4n) is 4.23. The lowest BCUT2D eigenvalue weighted by atomic mass is 10.1. The molecule has 0 atom stereocenters. The molecule has 1 aromatic heterocycles. The van der Waals surface area contributed by atoms with Crippen molar-refractivity contribution < 1.29 is 9.90 Å². The minimum Gasteiger partial charge on any atom is -0.477 e. The minimum atomic E-state index is -0.894. The van der Waals surface area contributed by atoms with Gasteiger partial charge in [-0.1, -0.05) is 66.2 Å². The summed E-state index contributed by atoms with van der Waals surface area (Å²) in [5, 5.41) is 14.6. The molecule has 1 heterocycles. The molecule has 0 aliphatic heterocycles. The van der Waals surface area contributed by atoms with Crippen LogP contribution in [0.5, 0.6) is 0 Å². The van der Waals surface area contributed by atoms with Gasteiger partial charge in [0, 0.05) is 36.1 Å². The maximum Gasteiger partial charge on any atom is 0.352 e. The Balaban J connectivity index is 1.74. The van der Waals surface area contributed by atoms with E-state index in [-0.39, 0.29) is 0 Å². The average Bonchev–Trinajstić information content (AvgIpc) is 3.02. The van der Waals surface area contributed by atoms with E-state index in [0.29, 0.717) is 25.3 Å². The SMILES string of the molecule is Cc1cccc(CNCc2c(C(=O)O)n(Cc3ccccc3C)c3cc(C)ccc23)c1. The monoisotopic (exact) mass is 412 g/mol. The first-order valence-electron chi connectivity index (χ1n) is 10.6. The fourth-order valence-corrected chi connectivity index (χ4v) is 4.23. The van der Waals surface area contributed by atoms with Crippen LogP contribution in [0.2, 0.25) is 0 Å². The molecule has 0 aliphatic carbocycles. The number of carbonyl (C=O) groups is 1. The minimum absolute atomic E-state index is 0.362. The number of nitrogens with zero attached hydrogens (tertiary/aromatic N) is 1. The first kappa shape index (κ1) is 20.9. The molecule has 0 spiro atoms. The van der Waals surface area contributed by atoms with Crippen molar-refractivity contribution in [1.82, 2.24) is 9.88 Å². The molecule has 4 heteroatoms. The summed E-state index contributed by atoms with van der Waals surface area (Å²) in [4.78, 5) is 12.4. The van der Waals surface area contributed by atoms with Crippen LogP contribution in [0.15, 0.2) is 66.7 Å². The second-order valence-corrected chi connectivity index (χ2v) is 8.26. The number of fused-ring (bicyclic) bond motifs is 1. The van der Waals surface area contributed by atoms with Crippen LogP contribution in [0.4, 0.5) is 0 Å². The standard InChI is InChI=1S/C27H28N2O2/c1-18-7-6-9-21(13-18)15-28-16-24-23-12-11-19(2)14-25(23)29(26(24)27(30)31)17-22-10-5-4-8-20(22)3/h4-14,28H,15-17H2,1-3H3,(H,30,31). The molecule has 4 rings (SSSR count). The van der Waals surface area contributed by atoms with Gasteiger partial charge in [0.15, 0.2) is 0 Å². The quantitative estimate of drug-likeness (QED) is 0.415.